The number of unbranched alkanes of at least 4 members (excludes halogenated alkanes) is 7. The van der Waals surface area contributed by atoms with Crippen molar-refractivity contribution in [2.24, 2.45) is 0 Å². The number of rotatable bonds is 19. The van der Waals surface area contributed by atoms with Gasteiger partial charge < -0.3 is 9.47 Å². The van der Waals surface area contributed by atoms with Crippen LogP contribution in [0.2, 0.25) is 0 Å². The summed E-state index contributed by atoms with van der Waals surface area (Å²) in [5, 5.41) is 4.41. The molecule has 3 aromatic rings. The SMILES string of the molecule is CCCCCCCCCCC(/C=C(\C)CCC[P+](c1ccccc1)(c1ccccc1)c1ccccc1)OC1CCCCO1. The highest BCUT2D eigenvalue weighted by Crippen LogP contribution is 2.56. The van der Waals surface area contributed by atoms with Crippen LogP contribution in [-0.2, 0) is 9.47 Å². The first kappa shape index (κ1) is 33.6. The molecule has 1 saturated heterocycles. The zero-order chi connectivity index (χ0) is 30.0. The highest BCUT2D eigenvalue weighted by molar-refractivity contribution is 7.95. The first-order valence-corrected chi connectivity index (χ1v) is 19.2. The summed E-state index contributed by atoms with van der Waals surface area (Å²) < 4.78 is 12.6. The summed E-state index contributed by atoms with van der Waals surface area (Å²) in [5.41, 5.74) is 1.45. The number of hydrogen-bond acceptors (Lipinski definition) is 2. The second kappa shape index (κ2) is 19.2. The number of hydrogen-bond donors (Lipinski definition) is 0. The van der Waals surface area contributed by atoms with Gasteiger partial charge in [-0.3, -0.25) is 0 Å². The van der Waals surface area contributed by atoms with Gasteiger partial charge in [0.2, 0.25) is 0 Å². The molecule has 0 radical (unpaired) electrons. The van der Waals surface area contributed by atoms with Crippen molar-refractivity contribution in [1.29, 1.82) is 0 Å². The van der Waals surface area contributed by atoms with Crippen molar-refractivity contribution < 1.29 is 9.47 Å². The lowest BCUT2D eigenvalue weighted by Crippen LogP contribution is -2.33. The van der Waals surface area contributed by atoms with Gasteiger partial charge in [0.1, 0.15) is 23.2 Å². The third kappa shape index (κ3) is 10.7. The minimum atomic E-state index is -1.79. The molecule has 0 N–H and O–H groups in total. The summed E-state index contributed by atoms with van der Waals surface area (Å²) >= 11 is 0. The van der Waals surface area contributed by atoms with Crippen LogP contribution in [0.15, 0.2) is 103 Å². The quantitative estimate of drug-likeness (QED) is 0.0775. The molecule has 1 fully saturated rings. The van der Waals surface area contributed by atoms with E-state index >= 15 is 0 Å². The van der Waals surface area contributed by atoms with Crippen LogP contribution in [0, 0.1) is 0 Å². The summed E-state index contributed by atoms with van der Waals surface area (Å²) in [5.74, 6) is 0. The maximum atomic E-state index is 6.59. The fourth-order valence-corrected chi connectivity index (χ4v) is 10.9. The lowest BCUT2D eigenvalue weighted by molar-refractivity contribution is -0.179. The van der Waals surface area contributed by atoms with Gasteiger partial charge in [0, 0.05) is 6.61 Å². The molecular formula is C40H56O2P+. The standard InChI is InChI=1S/C40H56O2P/c1-3-4-5-6-7-8-9-13-24-36(42-40-31-20-21-32-41-40)34-35(2)23-22-33-43(37-25-14-10-15-26-37,38-27-16-11-17-28-38)39-29-18-12-19-30-39/h10-12,14-19,25-30,34,36,40H,3-9,13,20-24,31-33H2,1-2H3/q+1/b35-34+. The van der Waals surface area contributed by atoms with Crippen molar-refractivity contribution in [3.63, 3.8) is 0 Å². The van der Waals surface area contributed by atoms with Gasteiger partial charge in [0.25, 0.3) is 0 Å². The summed E-state index contributed by atoms with van der Waals surface area (Å²) in [6.45, 7) is 5.45. The lowest BCUT2D eigenvalue weighted by Gasteiger charge is -2.28. The highest BCUT2D eigenvalue weighted by Gasteiger charge is 2.44. The molecule has 4 rings (SSSR count). The minimum absolute atomic E-state index is 0.0374. The predicted octanol–water partition coefficient (Wildman–Crippen LogP) is 10.1. The molecule has 43 heavy (non-hydrogen) atoms. The molecule has 0 bridgehead atoms. The van der Waals surface area contributed by atoms with Crippen molar-refractivity contribution in [2.45, 2.75) is 116 Å². The smallest absolute Gasteiger partial charge is 0.158 e. The minimum Gasteiger partial charge on any atom is -0.353 e. The molecule has 3 aromatic carbocycles. The Labute approximate surface area is 263 Å². The van der Waals surface area contributed by atoms with Crippen LogP contribution >= 0.6 is 7.26 Å². The fourth-order valence-electron chi connectivity index (χ4n) is 6.56. The van der Waals surface area contributed by atoms with Crippen molar-refractivity contribution in [3.05, 3.63) is 103 Å². The normalized spacial score (nSPS) is 16.7. The second-order valence-electron chi connectivity index (χ2n) is 12.4. The van der Waals surface area contributed by atoms with Crippen molar-refractivity contribution >= 4 is 23.2 Å². The predicted molar refractivity (Wildman–Crippen MR) is 189 cm³/mol. The number of benzene rings is 3. The molecule has 2 unspecified atom stereocenters. The first-order chi connectivity index (χ1) is 21.2. The molecule has 0 spiro atoms. The summed E-state index contributed by atoms with van der Waals surface area (Å²) in [6, 6.07) is 33.8. The van der Waals surface area contributed by atoms with E-state index < -0.39 is 7.26 Å². The molecule has 1 aliphatic rings. The molecular weight excluding hydrogens is 543 g/mol. The largest absolute Gasteiger partial charge is 0.353 e. The molecule has 1 aliphatic heterocycles. The van der Waals surface area contributed by atoms with Crippen LogP contribution in [0.25, 0.3) is 0 Å². The Morgan fingerprint density at radius 3 is 1.79 bits per heavy atom. The van der Waals surface area contributed by atoms with Crippen LogP contribution in [0.3, 0.4) is 0 Å². The van der Waals surface area contributed by atoms with Gasteiger partial charge in [-0.2, -0.15) is 0 Å². The number of ether oxygens (including phenoxy) is 2. The van der Waals surface area contributed by atoms with Crippen molar-refractivity contribution in [3.8, 4) is 0 Å². The van der Waals surface area contributed by atoms with E-state index in [2.05, 4.69) is 111 Å². The molecule has 3 heteroatoms. The molecule has 0 aromatic heterocycles. The van der Waals surface area contributed by atoms with Gasteiger partial charge in [-0.05, 0) is 81.8 Å². The Balaban J connectivity index is 1.44. The van der Waals surface area contributed by atoms with Gasteiger partial charge in [0.05, 0.1) is 12.3 Å². The number of allylic oxidation sites excluding steroid dienone is 1. The molecule has 0 amide bonds. The summed E-state index contributed by atoms with van der Waals surface area (Å²) in [4.78, 5) is 0. The maximum Gasteiger partial charge on any atom is 0.158 e. The Morgan fingerprint density at radius 1 is 0.744 bits per heavy atom. The fraction of sp³-hybridized carbons (Fsp3) is 0.500. The third-order valence-electron chi connectivity index (χ3n) is 8.93. The monoisotopic (exact) mass is 599 g/mol. The second-order valence-corrected chi connectivity index (χ2v) is 16.0. The van der Waals surface area contributed by atoms with Crippen LogP contribution in [0.4, 0.5) is 0 Å². The van der Waals surface area contributed by atoms with Crippen molar-refractivity contribution in [1.82, 2.24) is 0 Å². The highest BCUT2D eigenvalue weighted by atomic mass is 31.2. The van der Waals surface area contributed by atoms with Gasteiger partial charge in [-0.15, -0.1) is 0 Å². The first-order valence-electron chi connectivity index (χ1n) is 17.2. The van der Waals surface area contributed by atoms with Crippen LogP contribution in [-0.4, -0.2) is 25.2 Å². The van der Waals surface area contributed by atoms with E-state index in [1.54, 1.807) is 0 Å². The van der Waals surface area contributed by atoms with Crippen LogP contribution in [0.5, 0.6) is 0 Å². The van der Waals surface area contributed by atoms with Crippen molar-refractivity contribution in [2.75, 3.05) is 12.8 Å². The molecule has 0 aliphatic carbocycles. The molecule has 0 saturated carbocycles. The van der Waals surface area contributed by atoms with Crippen LogP contribution < -0.4 is 15.9 Å². The Kier molecular flexibility index (Phi) is 15.0. The molecule has 2 atom stereocenters. The van der Waals surface area contributed by atoms with E-state index in [1.807, 2.05) is 0 Å². The van der Waals surface area contributed by atoms with Gasteiger partial charge in [-0.25, -0.2) is 0 Å². The van der Waals surface area contributed by atoms with Gasteiger partial charge in [-0.1, -0.05) is 125 Å². The summed E-state index contributed by atoms with van der Waals surface area (Å²) in [7, 11) is -1.79. The topological polar surface area (TPSA) is 18.5 Å². The van der Waals surface area contributed by atoms with Crippen LogP contribution in [0.1, 0.15) is 104 Å². The third-order valence-corrected chi connectivity index (χ3v) is 13.5. The molecule has 2 nitrogen and oxygen atoms in total. The van der Waals surface area contributed by atoms with E-state index in [-0.39, 0.29) is 12.4 Å². The van der Waals surface area contributed by atoms with Gasteiger partial charge in [0.15, 0.2) is 6.29 Å². The molecule has 232 valence electrons. The zero-order valence-electron chi connectivity index (χ0n) is 27.0. The zero-order valence-corrected chi connectivity index (χ0v) is 27.9. The van der Waals surface area contributed by atoms with E-state index in [0.717, 1.165) is 44.9 Å². The Morgan fingerprint density at radius 2 is 1.28 bits per heavy atom. The van der Waals surface area contributed by atoms with E-state index in [0.29, 0.717) is 0 Å². The Bertz CT molecular complexity index is 1060. The maximum absolute atomic E-state index is 6.59. The Hall–Kier alpha value is -2.25. The average molecular weight is 600 g/mol. The van der Waals surface area contributed by atoms with E-state index in [9.17, 15) is 0 Å². The van der Waals surface area contributed by atoms with E-state index in [4.69, 9.17) is 9.47 Å². The average Bonchev–Trinajstić information content (AvgIpc) is 3.06. The summed E-state index contributed by atoms with van der Waals surface area (Å²) in [6.07, 6.45) is 21.2. The van der Waals surface area contributed by atoms with E-state index in [1.165, 1.54) is 79.3 Å². The van der Waals surface area contributed by atoms with Gasteiger partial charge >= 0.3 is 0 Å². The lowest BCUT2D eigenvalue weighted by atomic mass is 10.0. The molecule has 1 heterocycles.